The number of amides is 2. The zero-order valence-corrected chi connectivity index (χ0v) is 24.9. The Bertz CT molecular complexity index is 1530. The fourth-order valence-electron chi connectivity index (χ4n) is 4.18. The van der Waals surface area contributed by atoms with Crippen LogP contribution in [-0.2, 0) is 26.2 Å². The minimum atomic E-state index is -4.49. The molecule has 13 heteroatoms. The van der Waals surface area contributed by atoms with E-state index in [9.17, 15) is 28.1 Å². The molecule has 0 saturated carbocycles. The van der Waals surface area contributed by atoms with Crippen LogP contribution in [0.25, 0.3) is 0 Å². The summed E-state index contributed by atoms with van der Waals surface area (Å²) in [5.74, 6) is -0.00490. The number of ether oxygens (including phenoxy) is 2. The van der Waals surface area contributed by atoms with Gasteiger partial charge in [-0.2, -0.15) is 0 Å². The van der Waals surface area contributed by atoms with Crippen LogP contribution in [0.5, 0.6) is 11.5 Å². The van der Waals surface area contributed by atoms with Gasteiger partial charge in [0.1, 0.15) is 24.1 Å². The molecular formula is C29H34N4O8S. The fraction of sp³-hybridized carbons (Fsp3) is 0.310. The predicted octanol–water partition coefficient (Wildman–Crippen LogP) is 3.67. The highest BCUT2D eigenvalue weighted by atomic mass is 32.2. The van der Waals surface area contributed by atoms with Crippen molar-refractivity contribution >= 4 is 33.2 Å². The highest BCUT2D eigenvalue weighted by Gasteiger charge is 2.33. The zero-order valence-electron chi connectivity index (χ0n) is 24.1. The number of methoxy groups -OCH3 is 2. The Labute approximate surface area is 245 Å². The molecule has 42 heavy (non-hydrogen) atoms. The molecule has 1 atom stereocenters. The van der Waals surface area contributed by atoms with Crippen molar-refractivity contribution in [2.75, 3.05) is 31.6 Å². The van der Waals surface area contributed by atoms with Crippen molar-refractivity contribution in [2.24, 2.45) is 0 Å². The molecule has 0 saturated heterocycles. The van der Waals surface area contributed by atoms with E-state index in [1.807, 2.05) is 0 Å². The maximum Gasteiger partial charge on any atom is 0.273 e. The van der Waals surface area contributed by atoms with E-state index >= 15 is 0 Å². The molecule has 0 aliphatic heterocycles. The van der Waals surface area contributed by atoms with Crippen molar-refractivity contribution in [2.45, 2.75) is 38.3 Å². The number of hydrogen-bond acceptors (Lipinski definition) is 8. The molecule has 0 fully saturated rings. The summed E-state index contributed by atoms with van der Waals surface area (Å²) in [4.78, 5) is 38.6. The average Bonchev–Trinajstić information content (AvgIpc) is 2.98. The second-order valence-electron chi connectivity index (χ2n) is 9.36. The van der Waals surface area contributed by atoms with Crippen molar-refractivity contribution in [1.29, 1.82) is 0 Å². The largest absolute Gasteiger partial charge is 0.497 e. The van der Waals surface area contributed by atoms with Crippen LogP contribution in [0.3, 0.4) is 0 Å². The first-order valence-electron chi connectivity index (χ1n) is 13.0. The van der Waals surface area contributed by atoms with Crippen molar-refractivity contribution in [3.8, 4) is 11.5 Å². The van der Waals surface area contributed by atoms with E-state index in [1.165, 1.54) is 62.4 Å². The summed E-state index contributed by atoms with van der Waals surface area (Å²) >= 11 is 0. The van der Waals surface area contributed by atoms with Gasteiger partial charge in [0.25, 0.3) is 15.7 Å². The number of nitrogens with one attached hydrogen (secondary N) is 1. The predicted molar refractivity (Wildman–Crippen MR) is 157 cm³/mol. The van der Waals surface area contributed by atoms with Crippen molar-refractivity contribution in [1.82, 2.24) is 10.2 Å². The van der Waals surface area contributed by atoms with Gasteiger partial charge in [-0.25, -0.2) is 8.42 Å². The van der Waals surface area contributed by atoms with Gasteiger partial charge >= 0.3 is 0 Å². The van der Waals surface area contributed by atoms with Gasteiger partial charge in [-0.3, -0.25) is 24.0 Å². The SMILES string of the molecule is CCNC(=O)[C@@H](C)N(Cc1ccc(OC)cc1)C(=O)CN(c1ccc(OC)cc1)S(=O)(=O)c1ccc(C)c([N+](=O)[O-])c1. The molecule has 2 amide bonds. The first kappa shape index (κ1) is 31.9. The van der Waals surface area contributed by atoms with Crippen LogP contribution in [0.15, 0.2) is 71.6 Å². The Balaban J connectivity index is 2.08. The third-order valence-electron chi connectivity index (χ3n) is 6.63. The Morgan fingerprint density at radius 2 is 1.55 bits per heavy atom. The van der Waals surface area contributed by atoms with Gasteiger partial charge in [0, 0.05) is 24.7 Å². The first-order chi connectivity index (χ1) is 19.9. The maximum absolute atomic E-state index is 14.0. The molecule has 3 aromatic rings. The summed E-state index contributed by atoms with van der Waals surface area (Å²) in [6.45, 7) is 4.47. The summed E-state index contributed by atoms with van der Waals surface area (Å²) in [6.07, 6.45) is 0. The van der Waals surface area contributed by atoms with Gasteiger partial charge in [-0.1, -0.05) is 18.2 Å². The number of rotatable bonds is 13. The average molecular weight is 599 g/mol. The lowest BCUT2D eigenvalue weighted by Gasteiger charge is -2.32. The Morgan fingerprint density at radius 3 is 2.07 bits per heavy atom. The number of likely N-dealkylation sites (N-methyl/N-ethyl adjacent to an activating group) is 1. The Kier molecular flexibility index (Phi) is 10.5. The number of nitrogens with zero attached hydrogens (tertiary/aromatic N) is 3. The molecule has 224 valence electrons. The second-order valence-corrected chi connectivity index (χ2v) is 11.2. The standard InChI is InChI=1S/C29H34N4O8S/c1-6-30-29(35)21(3)31(18-22-8-12-24(40-4)13-9-22)28(34)19-32(23-10-14-25(41-5)15-11-23)42(38,39)26-16-7-20(2)27(17-26)33(36)37/h7-17,21H,6,18-19H2,1-5H3,(H,30,35)/t21-/m1/s1. The van der Waals surface area contributed by atoms with Gasteiger partial charge in [0.2, 0.25) is 11.8 Å². The molecular weight excluding hydrogens is 564 g/mol. The van der Waals surface area contributed by atoms with Gasteiger partial charge in [0.15, 0.2) is 0 Å². The highest BCUT2D eigenvalue weighted by Crippen LogP contribution is 2.29. The quantitative estimate of drug-likeness (QED) is 0.231. The zero-order chi connectivity index (χ0) is 31.0. The summed E-state index contributed by atoms with van der Waals surface area (Å²) in [5.41, 5.74) is 0.728. The van der Waals surface area contributed by atoms with Crippen molar-refractivity contribution in [3.05, 3.63) is 88.0 Å². The normalized spacial score (nSPS) is 11.7. The van der Waals surface area contributed by atoms with E-state index in [1.54, 1.807) is 38.1 Å². The number of benzene rings is 3. The summed E-state index contributed by atoms with van der Waals surface area (Å²) < 4.78 is 39.2. The summed E-state index contributed by atoms with van der Waals surface area (Å²) in [6, 6.07) is 15.5. The van der Waals surface area contributed by atoms with E-state index in [0.29, 0.717) is 23.6 Å². The minimum absolute atomic E-state index is 0.00757. The van der Waals surface area contributed by atoms with Crippen LogP contribution >= 0.6 is 0 Å². The number of nitro groups is 1. The number of aryl methyl sites for hydroxylation is 1. The summed E-state index contributed by atoms with van der Waals surface area (Å²) in [5, 5.41) is 14.3. The lowest BCUT2D eigenvalue weighted by Crippen LogP contribution is -2.51. The number of sulfonamides is 1. The molecule has 0 unspecified atom stereocenters. The van der Waals surface area contributed by atoms with Crippen LogP contribution < -0.4 is 19.1 Å². The number of nitro benzene ring substituents is 1. The van der Waals surface area contributed by atoms with Crippen LogP contribution in [0.1, 0.15) is 25.0 Å². The lowest BCUT2D eigenvalue weighted by molar-refractivity contribution is -0.385. The molecule has 12 nitrogen and oxygen atoms in total. The van der Waals surface area contributed by atoms with Gasteiger partial charge in [-0.15, -0.1) is 0 Å². The Hall–Kier alpha value is -4.65. The van der Waals surface area contributed by atoms with Crippen molar-refractivity contribution < 1.29 is 32.4 Å². The molecule has 1 N–H and O–H groups in total. The Morgan fingerprint density at radius 1 is 0.976 bits per heavy atom. The van der Waals surface area contributed by atoms with Gasteiger partial charge in [-0.05, 0) is 68.8 Å². The van der Waals surface area contributed by atoms with Crippen LogP contribution in [-0.4, -0.2) is 63.4 Å². The molecule has 0 bridgehead atoms. The first-order valence-corrected chi connectivity index (χ1v) is 14.5. The third-order valence-corrected chi connectivity index (χ3v) is 8.40. The second kappa shape index (κ2) is 13.8. The van der Waals surface area contributed by atoms with E-state index < -0.39 is 39.3 Å². The number of anilines is 1. The molecule has 0 radical (unpaired) electrons. The number of hydrogen-bond donors (Lipinski definition) is 1. The monoisotopic (exact) mass is 598 g/mol. The molecule has 0 aliphatic rings. The van der Waals surface area contributed by atoms with Crippen LogP contribution in [0.4, 0.5) is 11.4 Å². The number of carbonyl (C=O) groups is 2. The van der Waals surface area contributed by atoms with Gasteiger partial charge < -0.3 is 19.7 Å². The van der Waals surface area contributed by atoms with E-state index in [2.05, 4.69) is 5.32 Å². The smallest absolute Gasteiger partial charge is 0.273 e. The highest BCUT2D eigenvalue weighted by molar-refractivity contribution is 7.92. The molecule has 3 aromatic carbocycles. The fourth-order valence-corrected chi connectivity index (χ4v) is 5.62. The van der Waals surface area contributed by atoms with Crippen LogP contribution in [0.2, 0.25) is 0 Å². The van der Waals surface area contributed by atoms with Gasteiger partial charge in [0.05, 0.1) is 29.7 Å². The molecule has 0 spiro atoms. The third kappa shape index (κ3) is 7.35. The minimum Gasteiger partial charge on any atom is -0.497 e. The van der Waals surface area contributed by atoms with E-state index in [-0.39, 0.29) is 28.4 Å². The molecule has 0 aliphatic carbocycles. The lowest BCUT2D eigenvalue weighted by atomic mass is 10.1. The molecule has 3 rings (SSSR count). The molecule has 0 heterocycles. The number of carbonyl (C=O) groups excluding carboxylic acids is 2. The summed E-state index contributed by atoms with van der Waals surface area (Å²) in [7, 11) is -1.51. The van der Waals surface area contributed by atoms with E-state index in [0.717, 1.165) is 10.4 Å². The maximum atomic E-state index is 14.0. The molecule has 0 aromatic heterocycles. The van der Waals surface area contributed by atoms with Crippen LogP contribution in [0, 0.1) is 17.0 Å². The van der Waals surface area contributed by atoms with E-state index in [4.69, 9.17) is 9.47 Å². The topological polar surface area (TPSA) is 148 Å². The van der Waals surface area contributed by atoms with Crippen molar-refractivity contribution in [3.63, 3.8) is 0 Å².